The first-order valence-electron chi connectivity index (χ1n) is 19.1. The second kappa shape index (κ2) is 13.6. The summed E-state index contributed by atoms with van der Waals surface area (Å²) >= 11 is 3.79. The van der Waals surface area contributed by atoms with E-state index in [0.717, 1.165) is 60.5 Å². The molecular weight excluding hydrogens is 761 g/mol. The van der Waals surface area contributed by atoms with Crippen LogP contribution in [0.1, 0.15) is 0 Å². The average Bonchev–Trinajstić information content (AvgIpc) is 3.79. The third kappa shape index (κ3) is 5.74. The highest BCUT2D eigenvalue weighted by Crippen LogP contribution is 2.37. The van der Waals surface area contributed by atoms with Crippen molar-refractivity contribution < 1.29 is 0 Å². The minimum atomic E-state index is 0.882. The predicted molar refractivity (Wildman–Crippen MR) is 240 cm³/mol. The van der Waals surface area contributed by atoms with Crippen LogP contribution in [0.5, 0.6) is 0 Å². The van der Waals surface area contributed by atoms with E-state index in [0.29, 0.717) is 0 Å². The number of pyridine rings is 2. The molecule has 0 amide bonds. The van der Waals surface area contributed by atoms with E-state index in [1.807, 2.05) is 12.4 Å². The lowest BCUT2D eigenvalue weighted by Crippen LogP contribution is -1.97. The Morgan fingerprint density at radius 3 is 1.53 bits per heavy atom. The van der Waals surface area contributed by atoms with E-state index >= 15 is 0 Å². The van der Waals surface area contributed by atoms with Crippen molar-refractivity contribution in [3.8, 4) is 56.1 Å². The Morgan fingerprint density at radius 2 is 0.860 bits per heavy atom. The van der Waals surface area contributed by atoms with Crippen LogP contribution in [0.15, 0.2) is 205 Å². The maximum Gasteiger partial charge on any atom is 0.137 e. The smallest absolute Gasteiger partial charge is 0.137 e. The monoisotopic (exact) mass is 792 g/mol. The van der Waals surface area contributed by atoms with Gasteiger partial charge in [-0.3, -0.25) is 9.55 Å². The minimum Gasteiger partial charge on any atom is -0.309 e. The molecule has 4 aromatic heterocycles. The number of hydrogen-bond acceptors (Lipinski definition) is 2. The summed E-state index contributed by atoms with van der Waals surface area (Å²) in [5.41, 5.74) is 14.5. The Kier molecular flexibility index (Phi) is 7.93. The Morgan fingerprint density at radius 1 is 0.333 bits per heavy atom. The second-order valence-electron chi connectivity index (χ2n) is 14.4. The van der Waals surface area contributed by atoms with Crippen LogP contribution < -0.4 is 0 Å². The first kappa shape index (κ1) is 33.3. The topological polar surface area (TPSA) is 35.6 Å². The van der Waals surface area contributed by atoms with E-state index in [1.165, 1.54) is 43.7 Å². The molecule has 0 spiro atoms. The van der Waals surface area contributed by atoms with Crippen molar-refractivity contribution in [1.82, 2.24) is 19.1 Å². The largest absolute Gasteiger partial charge is 0.309 e. The standard InChI is InChI=1S/C52H33BrN4/c53-41-28-39(38-22-26-52(55-33-38)57-49-18-10-8-16-44(49)46-30-35(20-25-51(46)57)34-11-3-1-4-12-34)27-40(29-41)47-23-19-37(32-54-47)36-21-24-50-45(31-36)43-15-7-9-17-48(43)56(50)42-13-5-2-6-14-42/h1-33H. The molecule has 0 aliphatic heterocycles. The van der Waals surface area contributed by atoms with Gasteiger partial charge in [-0.05, 0) is 107 Å². The molecule has 4 heterocycles. The molecule has 0 radical (unpaired) electrons. The molecule has 7 aromatic carbocycles. The lowest BCUT2D eigenvalue weighted by Gasteiger charge is -2.11. The lowest BCUT2D eigenvalue weighted by atomic mass is 10.0. The Balaban J connectivity index is 0.912. The van der Waals surface area contributed by atoms with E-state index in [-0.39, 0.29) is 0 Å². The zero-order valence-corrected chi connectivity index (χ0v) is 32.3. The minimum absolute atomic E-state index is 0.882. The molecule has 0 N–H and O–H groups in total. The summed E-state index contributed by atoms with van der Waals surface area (Å²) < 4.78 is 5.59. The van der Waals surface area contributed by atoms with Gasteiger partial charge in [-0.1, -0.05) is 119 Å². The predicted octanol–water partition coefficient (Wildman–Crippen LogP) is 14.1. The summed E-state index contributed by atoms with van der Waals surface area (Å²) in [4.78, 5) is 10.0. The van der Waals surface area contributed by atoms with Crippen LogP contribution in [-0.2, 0) is 0 Å². The van der Waals surface area contributed by atoms with Crippen molar-refractivity contribution in [2.24, 2.45) is 0 Å². The Labute approximate surface area is 338 Å². The Bertz CT molecular complexity index is 3270. The van der Waals surface area contributed by atoms with Crippen LogP contribution in [0.25, 0.3) is 99.8 Å². The third-order valence-electron chi connectivity index (χ3n) is 11.1. The number of hydrogen-bond donors (Lipinski definition) is 0. The summed E-state index contributed by atoms with van der Waals surface area (Å²) in [5, 5.41) is 4.88. The number of nitrogens with zero attached hydrogens (tertiary/aromatic N) is 4. The number of fused-ring (bicyclic) bond motifs is 6. The van der Waals surface area contributed by atoms with Gasteiger partial charge in [0.15, 0.2) is 0 Å². The van der Waals surface area contributed by atoms with Crippen LogP contribution in [-0.4, -0.2) is 19.1 Å². The van der Waals surface area contributed by atoms with Gasteiger partial charge >= 0.3 is 0 Å². The maximum absolute atomic E-state index is 5.05. The molecule has 0 aliphatic rings. The first-order chi connectivity index (χ1) is 28.2. The van der Waals surface area contributed by atoms with Crippen molar-refractivity contribution in [2.45, 2.75) is 0 Å². The van der Waals surface area contributed by atoms with Crippen molar-refractivity contribution >= 4 is 59.5 Å². The molecule has 0 bridgehead atoms. The molecule has 0 aliphatic carbocycles. The van der Waals surface area contributed by atoms with Crippen molar-refractivity contribution in [3.63, 3.8) is 0 Å². The van der Waals surface area contributed by atoms with E-state index in [4.69, 9.17) is 9.97 Å². The van der Waals surface area contributed by atoms with Gasteiger partial charge in [-0.15, -0.1) is 0 Å². The molecule has 11 rings (SSSR count). The van der Waals surface area contributed by atoms with Crippen LogP contribution in [0, 0.1) is 0 Å². The van der Waals surface area contributed by atoms with Gasteiger partial charge in [0.05, 0.1) is 27.8 Å². The molecular formula is C52H33BrN4. The lowest BCUT2D eigenvalue weighted by molar-refractivity contribution is 1.08. The first-order valence-corrected chi connectivity index (χ1v) is 19.9. The molecule has 0 saturated carbocycles. The Hall–Kier alpha value is -7.08. The maximum atomic E-state index is 5.05. The molecule has 57 heavy (non-hydrogen) atoms. The number of halogens is 1. The highest BCUT2D eigenvalue weighted by molar-refractivity contribution is 9.10. The second-order valence-corrected chi connectivity index (χ2v) is 15.4. The van der Waals surface area contributed by atoms with Crippen molar-refractivity contribution in [2.75, 3.05) is 0 Å². The normalized spacial score (nSPS) is 11.6. The zero-order valence-electron chi connectivity index (χ0n) is 30.7. The van der Waals surface area contributed by atoms with E-state index < -0.39 is 0 Å². The summed E-state index contributed by atoms with van der Waals surface area (Å²) in [6.07, 6.45) is 3.96. The SMILES string of the molecule is Brc1cc(-c2ccc(-n3c4ccccc4c4cc(-c5ccccc5)ccc43)nc2)cc(-c2ccc(-c3ccc4c(c3)c3ccccc3n4-c3ccccc3)cn2)c1. The summed E-state index contributed by atoms with van der Waals surface area (Å²) in [6, 6.07) is 66.8. The van der Waals surface area contributed by atoms with Crippen LogP contribution in [0.4, 0.5) is 0 Å². The van der Waals surface area contributed by atoms with Gasteiger partial charge in [-0.2, -0.15) is 0 Å². The molecule has 0 fully saturated rings. The van der Waals surface area contributed by atoms with Gasteiger partial charge in [0, 0.05) is 60.8 Å². The van der Waals surface area contributed by atoms with E-state index in [2.05, 4.69) is 213 Å². The molecule has 0 unspecified atom stereocenters. The highest BCUT2D eigenvalue weighted by Gasteiger charge is 2.16. The van der Waals surface area contributed by atoms with Crippen LogP contribution >= 0.6 is 15.9 Å². The average molecular weight is 794 g/mol. The van der Waals surface area contributed by atoms with Gasteiger partial charge in [0.1, 0.15) is 5.82 Å². The van der Waals surface area contributed by atoms with Gasteiger partial charge in [0.25, 0.3) is 0 Å². The molecule has 0 atom stereocenters. The number of aromatic nitrogens is 4. The van der Waals surface area contributed by atoms with Crippen molar-refractivity contribution in [1.29, 1.82) is 0 Å². The summed E-state index contributed by atoms with van der Waals surface area (Å²) in [6.45, 7) is 0. The summed E-state index contributed by atoms with van der Waals surface area (Å²) in [7, 11) is 0. The van der Waals surface area contributed by atoms with Crippen LogP contribution in [0.2, 0.25) is 0 Å². The molecule has 0 saturated heterocycles. The fourth-order valence-corrected chi connectivity index (χ4v) is 8.86. The van der Waals surface area contributed by atoms with E-state index in [1.54, 1.807) is 0 Å². The molecule has 5 heteroatoms. The number of rotatable bonds is 6. The van der Waals surface area contributed by atoms with Gasteiger partial charge in [0.2, 0.25) is 0 Å². The van der Waals surface area contributed by atoms with Crippen molar-refractivity contribution in [3.05, 3.63) is 205 Å². The quantitative estimate of drug-likeness (QED) is 0.168. The van der Waals surface area contributed by atoms with Gasteiger partial charge < -0.3 is 4.57 Å². The van der Waals surface area contributed by atoms with Crippen LogP contribution in [0.3, 0.4) is 0 Å². The zero-order chi connectivity index (χ0) is 37.9. The fraction of sp³-hybridized carbons (Fsp3) is 0. The molecule has 11 aromatic rings. The van der Waals surface area contributed by atoms with Gasteiger partial charge in [-0.25, -0.2) is 4.98 Å². The summed E-state index contributed by atoms with van der Waals surface area (Å²) in [5.74, 6) is 0.882. The number of benzene rings is 7. The number of para-hydroxylation sites is 3. The third-order valence-corrected chi connectivity index (χ3v) is 11.5. The molecule has 4 nitrogen and oxygen atoms in total. The van der Waals surface area contributed by atoms with E-state index in [9.17, 15) is 0 Å². The highest BCUT2D eigenvalue weighted by atomic mass is 79.9. The fourth-order valence-electron chi connectivity index (χ4n) is 8.37. The molecule has 268 valence electrons.